The molecule has 0 spiro atoms. The molecule has 0 N–H and O–H groups in total. The van der Waals surface area contributed by atoms with E-state index < -0.39 is 18.2 Å². The molecule has 7 nitrogen and oxygen atoms in total. The minimum Gasteiger partial charge on any atom is -0.480 e. The number of aryl methyl sites for hydroxylation is 1. The van der Waals surface area contributed by atoms with Crippen LogP contribution in [-0.2, 0) is 13.1 Å². The molecule has 4 rings (SSSR count). The van der Waals surface area contributed by atoms with Gasteiger partial charge in [0, 0.05) is 30.2 Å². The number of amides is 1. The second-order valence-corrected chi connectivity index (χ2v) is 7.49. The summed E-state index contributed by atoms with van der Waals surface area (Å²) >= 11 is 0. The molecule has 1 aliphatic rings. The largest absolute Gasteiger partial charge is 0.480 e. The highest BCUT2D eigenvalue weighted by atomic mass is 19.4. The van der Waals surface area contributed by atoms with Gasteiger partial charge in [0.1, 0.15) is 5.75 Å². The predicted octanol–water partition coefficient (Wildman–Crippen LogP) is 3.93. The summed E-state index contributed by atoms with van der Waals surface area (Å²) in [6.07, 6.45) is -3.21. The molecule has 1 amide bonds. The van der Waals surface area contributed by atoms with Crippen molar-refractivity contribution >= 4 is 5.91 Å². The van der Waals surface area contributed by atoms with Crippen molar-refractivity contribution < 1.29 is 22.7 Å². The van der Waals surface area contributed by atoms with Crippen LogP contribution in [0.3, 0.4) is 0 Å². The number of halogens is 3. The number of fused-ring (bicyclic) bond motifs is 1. The fourth-order valence-corrected chi connectivity index (χ4v) is 3.40. The van der Waals surface area contributed by atoms with Crippen molar-refractivity contribution in [2.24, 2.45) is 0 Å². The molecule has 32 heavy (non-hydrogen) atoms. The zero-order valence-electron chi connectivity index (χ0n) is 17.2. The van der Waals surface area contributed by atoms with Gasteiger partial charge in [-0.2, -0.15) is 23.5 Å². The third-order valence-corrected chi connectivity index (χ3v) is 5.11. The molecular weight excluding hydrogens is 423 g/mol. The van der Waals surface area contributed by atoms with Crippen LogP contribution in [0.15, 0.2) is 42.7 Å². The lowest BCUT2D eigenvalue weighted by Crippen LogP contribution is -2.32. The first-order chi connectivity index (χ1) is 15.2. The molecule has 0 bridgehead atoms. The van der Waals surface area contributed by atoms with Gasteiger partial charge in [-0.15, -0.1) is 0 Å². The quantitative estimate of drug-likeness (QED) is 0.613. The van der Waals surface area contributed by atoms with Crippen molar-refractivity contribution in [1.29, 1.82) is 5.26 Å². The van der Waals surface area contributed by atoms with E-state index in [0.29, 0.717) is 5.69 Å². The average molecular weight is 441 g/mol. The van der Waals surface area contributed by atoms with Gasteiger partial charge >= 0.3 is 6.18 Å². The van der Waals surface area contributed by atoms with Crippen LogP contribution >= 0.6 is 0 Å². The van der Waals surface area contributed by atoms with E-state index in [9.17, 15) is 18.0 Å². The molecule has 1 aromatic carbocycles. The van der Waals surface area contributed by atoms with Gasteiger partial charge in [0.25, 0.3) is 5.91 Å². The highest BCUT2D eigenvalue weighted by Gasteiger charge is 2.39. The summed E-state index contributed by atoms with van der Waals surface area (Å²) in [5, 5.41) is 13.7. The Balaban J connectivity index is 1.57. The standard InChI is InChI=1S/C22H18F3N5O2/c1-13-7-17(5-6-27-13)30-11-16-10-29(12-19(16)28-30)21(31)18-8-15(9-26)3-4-20(18)32-14(2)22(23,24)25/h3-8,11,14H,10,12H2,1-2H3. The first-order valence-electron chi connectivity index (χ1n) is 9.73. The lowest BCUT2D eigenvalue weighted by atomic mass is 10.1. The van der Waals surface area contributed by atoms with E-state index in [4.69, 9.17) is 10.00 Å². The minimum atomic E-state index is -4.59. The second-order valence-electron chi connectivity index (χ2n) is 7.49. The Bertz CT molecular complexity index is 1210. The van der Waals surface area contributed by atoms with E-state index in [0.717, 1.165) is 23.9 Å². The van der Waals surface area contributed by atoms with E-state index in [1.807, 2.05) is 31.3 Å². The number of nitrogens with zero attached hydrogens (tertiary/aromatic N) is 5. The Morgan fingerprint density at radius 3 is 2.69 bits per heavy atom. The Morgan fingerprint density at radius 2 is 2.03 bits per heavy atom. The minimum absolute atomic E-state index is 0.0945. The molecule has 3 aromatic rings. The topological polar surface area (TPSA) is 84.0 Å². The SMILES string of the molecule is Cc1cc(-n2cc3c(n2)CN(C(=O)c2cc(C#N)ccc2OC(C)C(F)(F)F)C3)ccn1. The zero-order valence-corrected chi connectivity index (χ0v) is 17.2. The molecule has 1 aliphatic heterocycles. The summed E-state index contributed by atoms with van der Waals surface area (Å²) in [7, 11) is 0. The van der Waals surface area contributed by atoms with Crippen molar-refractivity contribution in [1.82, 2.24) is 19.7 Å². The maximum absolute atomic E-state index is 13.1. The van der Waals surface area contributed by atoms with Crippen LogP contribution in [0.1, 0.15) is 39.8 Å². The molecule has 164 valence electrons. The Hall–Kier alpha value is -3.87. The molecule has 0 radical (unpaired) electrons. The summed E-state index contributed by atoms with van der Waals surface area (Å²) in [5.74, 6) is -0.753. The van der Waals surface area contributed by atoms with E-state index in [1.54, 1.807) is 10.9 Å². The summed E-state index contributed by atoms with van der Waals surface area (Å²) in [4.78, 5) is 18.8. The van der Waals surface area contributed by atoms with Crippen molar-refractivity contribution in [3.05, 3.63) is 70.8 Å². The maximum atomic E-state index is 13.1. The van der Waals surface area contributed by atoms with Crippen molar-refractivity contribution in [3.63, 3.8) is 0 Å². The van der Waals surface area contributed by atoms with Gasteiger partial charge < -0.3 is 9.64 Å². The van der Waals surface area contributed by atoms with Gasteiger partial charge in [-0.1, -0.05) is 0 Å². The molecule has 0 saturated carbocycles. The van der Waals surface area contributed by atoms with E-state index in [-0.39, 0.29) is 30.0 Å². The van der Waals surface area contributed by atoms with Crippen molar-refractivity contribution in [2.45, 2.75) is 39.2 Å². The molecule has 2 aromatic heterocycles. The fraction of sp³-hybridized carbons (Fsp3) is 0.273. The van der Waals surface area contributed by atoms with Crippen molar-refractivity contribution in [2.75, 3.05) is 0 Å². The summed E-state index contributed by atoms with van der Waals surface area (Å²) in [5.41, 5.74) is 3.25. The number of carbonyl (C=O) groups excluding carboxylic acids is 1. The number of alkyl halides is 3. The molecule has 1 atom stereocenters. The first kappa shape index (κ1) is 21.4. The highest BCUT2D eigenvalue weighted by molar-refractivity contribution is 5.97. The lowest BCUT2D eigenvalue weighted by molar-refractivity contribution is -0.189. The first-order valence-corrected chi connectivity index (χ1v) is 9.73. The monoisotopic (exact) mass is 441 g/mol. The highest BCUT2D eigenvalue weighted by Crippen LogP contribution is 2.31. The number of hydrogen-bond acceptors (Lipinski definition) is 5. The lowest BCUT2D eigenvalue weighted by Gasteiger charge is -2.22. The van der Waals surface area contributed by atoms with Crippen LogP contribution in [-0.4, -0.2) is 37.9 Å². The zero-order chi connectivity index (χ0) is 23.0. The van der Waals surface area contributed by atoms with Gasteiger partial charge in [-0.05, 0) is 44.2 Å². The Labute approximate surface area is 181 Å². The number of pyridine rings is 1. The molecule has 1 unspecified atom stereocenters. The predicted molar refractivity (Wildman–Crippen MR) is 107 cm³/mol. The van der Waals surface area contributed by atoms with Crippen molar-refractivity contribution in [3.8, 4) is 17.5 Å². The van der Waals surface area contributed by atoms with Gasteiger partial charge in [0.2, 0.25) is 0 Å². The molecule has 3 heterocycles. The van der Waals surface area contributed by atoms with Crippen LogP contribution in [0.2, 0.25) is 0 Å². The second kappa shape index (κ2) is 8.00. The van der Waals surface area contributed by atoms with Crippen LogP contribution in [0.5, 0.6) is 5.75 Å². The average Bonchev–Trinajstić information content (AvgIpc) is 3.32. The van der Waals surface area contributed by atoms with Gasteiger partial charge in [0.05, 0.1) is 35.1 Å². The van der Waals surface area contributed by atoms with E-state index in [2.05, 4.69) is 10.1 Å². The number of aromatic nitrogens is 3. The third kappa shape index (κ3) is 4.14. The van der Waals surface area contributed by atoms with Gasteiger partial charge in [-0.25, -0.2) is 4.68 Å². The number of ether oxygens (including phenoxy) is 1. The smallest absolute Gasteiger partial charge is 0.425 e. The summed E-state index contributed by atoms with van der Waals surface area (Å²) in [6, 6.07) is 9.37. The number of carbonyl (C=O) groups is 1. The van der Waals surface area contributed by atoms with Crippen LogP contribution in [0.4, 0.5) is 13.2 Å². The number of nitriles is 1. The van der Waals surface area contributed by atoms with Crippen LogP contribution in [0, 0.1) is 18.3 Å². The number of rotatable bonds is 4. The van der Waals surface area contributed by atoms with Gasteiger partial charge in [-0.3, -0.25) is 9.78 Å². The Morgan fingerprint density at radius 1 is 1.25 bits per heavy atom. The Kier molecular flexibility index (Phi) is 5.34. The summed E-state index contributed by atoms with van der Waals surface area (Å²) < 4.78 is 45.6. The van der Waals surface area contributed by atoms with Gasteiger partial charge in [0.15, 0.2) is 6.10 Å². The molecule has 0 aliphatic carbocycles. The third-order valence-electron chi connectivity index (χ3n) is 5.11. The summed E-state index contributed by atoms with van der Waals surface area (Å²) in [6.45, 7) is 3.16. The normalized spacial score (nSPS) is 14.1. The van der Waals surface area contributed by atoms with Crippen LogP contribution < -0.4 is 4.74 Å². The number of hydrogen-bond donors (Lipinski definition) is 0. The molecule has 0 saturated heterocycles. The van der Waals surface area contributed by atoms with E-state index >= 15 is 0 Å². The van der Waals surface area contributed by atoms with E-state index in [1.165, 1.54) is 23.1 Å². The fourth-order valence-electron chi connectivity index (χ4n) is 3.40. The molecule has 10 heteroatoms. The number of benzene rings is 1. The van der Waals surface area contributed by atoms with Crippen LogP contribution in [0.25, 0.3) is 5.69 Å². The molecular formula is C22H18F3N5O2. The maximum Gasteiger partial charge on any atom is 0.425 e. The molecule has 0 fully saturated rings.